The average molecular weight is 259 g/mol. The molecule has 1 fully saturated rings. The van der Waals surface area contributed by atoms with Crippen molar-refractivity contribution >= 4 is 15.9 Å². The Hall–Kier alpha value is -0.0700. The first-order valence-electron chi connectivity index (χ1n) is 5.52. The minimum Gasteiger partial charge on any atom is -0.288 e. The highest BCUT2D eigenvalue weighted by Gasteiger charge is 2.20. The highest BCUT2D eigenvalue weighted by atomic mass is 79.9. The van der Waals surface area contributed by atoms with Gasteiger partial charge in [-0.05, 0) is 45.2 Å². The molecule has 0 spiro atoms. The molecule has 0 aromatic carbocycles. The van der Waals surface area contributed by atoms with Crippen molar-refractivity contribution in [2.24, 2.45) is 0 Å². The minimum atomic E-state index is 0.189. The van der Waals surface area contributed by atoms with Gasteiger partial charge in [0.1, 0.15) is 0 Å². The van der Waals surface area contributed by atoms with Crippen LogP contribution in [0.25, 0.3) is 0 Å². The van der Waals surface area contributed by atoms with Crippen LogP contribution in [0.1, 0.15) is 39.0 Å². The summed E-state index contributed by atoms with van der Waals surface area (Å²) < 4.78 is 0. The average Bonchev–Trinajstić information content (AvgIpc) is 2.18. The van der Waals surface area contributed by atoms with Gasteiger partial charge in [-0.2, -0.15) is 5.26 Å². The topological polar surface area (TPSA) is 27.0 Å². The molecule has 1 heterocycles. The van der Waals surface area contributed by atoms with Crippen molar-refractivity contribution in [1.82, 2.24) is 4.90 Å². The van der Waals surface area contributed by atoms with Crippen LogP contribution in [0, 0.1) is 11.3 Å². The molecule has 0 saturated carbocycles. The molecule has 1 aliphatic heterocycles. The maximum absolute atomic E-state index is 8.97. The number of nitriles is 1. The number of halogens is 1. The second kappa shape index (κ2) is 6.42. The molecule has 0 N–H and O–H groups in total. The summed E-state index contributed by atoms with van der Waals surface area (Å²) >= 11 is 3.55. The zero-order valence-corrected chi connectivity index (χ0v) is 10.5. The van der Waals surface area contributed by atoms with Crippen molar-refractivity contribution in [3.63, 3.8) is 0 Å². The van der Waals surface area contributed by atoms with E-state index < -0.39 is 0 Å². The molecular weight excluding hydrogens is 240 g/mol. The van der Waals surface area contributed by atoms with Crippen molar-refractivity contribution in [3.8, 4) is 6.07 Å². The largest absolute Gasteiger partial charge is 0.288 e. The second-order valence-electron chi connectivity index (χ2n) is 4.10. The van der Waals surface area contributed by atoms with Crippen LogP contribution in [0.4, 0.5) is 0 Å². The van der Waals surface area contributed by atoms with Crippen LogP contribution in [0.2, 0.25) is 0 Å². The van der Waals surface area contributed by atoms with Gasteiger partial charge in [-0.1, -0.05) is 22.9 Å². The van der Waals surface area contributed by atoms with Crippen LogP contribution in [0.5, 0.6) is 0 Å². The molecule has 0 aromatic rings. The van der Waals surface area contributed by atoms with E-state index in [0.717, 1.165) is 19.5 Å². The lowest BCUT2D eigenvalue weighted by atomic mass is 10.0. The Balaban J connectivity index is 2.24. The fraction of sp³-hybridized carbons (Fsp3) is 0.909. The molecule has 0 aliphatic carbocycles. The van der Waals surface area contributed by atoms with Gasteiger partial charge in [0.2, 0.25) is 0 Å². The molecule has 14 heavy (non-hydrogen) atoms. The van der Waals surface area contributed by atoms with Gasteiger partial charge in [-0.25, -0.2) is 0 Å². The molecule has 0 aromatic heterocycles. The van der Waals surface area contributed by atoms with Gasteiger partial charge in [-0.15, -0.1) is 0 Å². The number of hydrogen-bond acceptors (Lipinski definition) is 2. The monoisotopic (exact) mass is 258 g/mol. The van der Waals surface area contributed by atoms with Gasteiger partial charge >= 0.3 is 0 Å². The van der Waals surface area contributed by atoms with E-state index in [1.54, 1.807) is 0 Å². The summed E-state index contributed by atoms with van der Waals surface area (Å²) in [4.78, 5) is 2.95. The molecular formula is C11H19BrN2. The number of likely N-dealkylation sites (tertiary alicyclic amines) is 1. The van der Waals surface area contributed by atoms with Crippen molar-refractivity contribution in [1.29, 1.82) is 5.26 Å². The van der Waals surface area contributed by atoms with E-state index in [1.807, 2.05) is 0 Å². The van der Waals surface area contributed by atoms with Crippen LogP contribution in [0.3, 0.4) is 0 Å². The van der Waals surface area contributed by atoms with E-state index >= 15 is 0 Å². The van der Waals surface area contributed by atoms with Gasteiger partial charge in [0.05, 0.1) is 12.1 Å². The fourth-order valence-corrected chi connectivity index (χ4v) is 2.30. The lowest BCUT2D eigenvalue weighted by molar-refractivity contribution is 0.181. The Bertz CT molecular complexity index is 198. The normalized spacial score (nSPS) is 25.6. The van der Waals surface area contributed by atoms with Crippen LogP contribution in [-0.4, -0.2) is 28.9 Å². The Morgan fingerprint density at radius 1 is 1.57 bits per heavy atom. The van der Waals surface area contributed by atoms with E-state index in [4.69, 9.17) is 5.26 Å². The van der Waals surface area contributed by atoms with E-state index in [1.165, 1.54) is 25.7 Å². The molecule has 1 rings (SSSR count). The number of alkyl halides is 1. The van der Waals surface area contributed by atoms with Gasteiger partial charge < -0.3 is 0 Å². The molecule has 80 valence electrons. The van der Waals surface area contributed by atoms with Gasteiger partial charge in [0.15, 0.2) is 0 Å². The zero-order chi connectivity index (χ0) is 10.4. The SMILES string of the molecule is CC(Br)CCCN1CCCCC1C#N. The maximum Gasteiger partial charge on any atom is 0.0977 e. The van der Waals surface area contributed by atoms with Crippen LogP contribution in [-0.2, 0) is 0 Å². The maximum atomic E-state index is 8.97. The number of piperidine rings is 1. The summed E-state index contributed by atoms with van der Waals surface area (Å²) in [5.41, 5.74) is 0. The summed E-state index contributed by atoms with van der Waals surface area (Å²) in [6, 6.07) is 2.60. The second-order valence-corrected chi connectivity index (χ2v) is 5.66. The first kappa shape index (κ1) is 12.0. The van der Waals surface area contributed by atoms with Gasteiger partial charge in [-0.3, -0.25) is 4.90 Å². The lowest BCUT2D eigenvalue weighted by Gasteiger charge is -2.31. The Morgan fingerprint density at radius 2 is 2.36 bits per heavy atom. The zero-order valence-electron chi connectivity index (χ0n) is 8.88. The molecule has 3 heteroatoms. The molecule has 0 radical (unpaired) electrons. The van der Waals surface area contributed by atoms with E-state index in [9.17, 15) is 0 Å². The third kappa shape index (κ3) is 3.98. The molecule has 1 saturated heterocycles. The highest BCUT2D eigenvalue weighted by molar-refractivity contribution is 9.09. The summed E-state index contributed by atoms with van der Waals surface area (Å²) in [7, 11) is 0. The van der Waals surface area contributed by atoms with Crippen molar-refractivity contribution in [3.05, 3.63) is 0 Å². The van der Waals surface area contributed by atoms with Gasteiger partial charge in [0.25, 0.3) is 0 Å². The van der Waals surface area contributed by atoms with Crippen LogP contribution < -0.4 is 0 Å². The summed E-state index contributed by atoms with van der Waals surface area (Å²) in [5.74, 6) is 0. The first-order chi connectivity index (χ1) is 6.74. The molecule has 0 amide bonds. The highest BCUT2D eigenvalue weighted by Crippen LogP contribution is 2.17. The predicted octanol–water partition coefficient (Wildman–Crippen LogP) is 2.93. The van der Waals surface area contributed by atoms with Crippen LogP contribution >= 0.6 is 15.9 Å². The molecule has 0 bridgehead atoms. The van der Waals surface area contributed by atoms with E-state index in [-0.39, 0.29) is 6.04 Å². The number of nitrogens with zero attached hydrogens (tertiary/aromatic N) is 2. The molecule has 2 nitrogen and oxygen atoms in total. The first-order valence-corrected chi connectivity index (χ1v) is 6.43. The quantitative estimate of drug-likeness (QED) is 0.726. The molecule has 1 aliphatic rings. The Kier molecular flexibility index (Phi) is 5.50. The number of hydrogen-bond donors (Lipinski definition) is 0. The van der Waals surface area contributed by atoms with Gasteiger partial charge in [0, 0.05) is 4.83 Å². The summed E-state index contributed by atoms with van der Waals surface area (Å²) in [6.45, 7) is 4.39. The predicted molar refractivity (Wildman–Crippen MR) is 62.4 cm³/mol. The summed E-state index contributed by atoms with van der Waals surface area (Å²) in [6.07, 6.45) is 5.96. The minimum absolute atomic E-state index is 0.189. The van der Waals surface area contributed by atoms with Crippen LogP contribution in [0.15, 0.2) is 0 Å². The lowest BCUT2D eigenvalue weighted by Crippen LogP contribution is -2.39. The van der Waals surface area contributed by atoms with Crippen molar-refractivity contribution in [2.75, 3.05) is 13.1 Å². The summed E-state index contributed by atoms with van der Waals surface area (Å²) in [5, 5.41) is 8.97. The van der Waals surface area contributed by atoms with E-state index in [2.05, 4.69) is 33.8 Å². The Labute approximate surface area is 95.4 Å². The molecule has 2 atom stereocenters. The smallest absolute Gasteiger partial charge is 0.0977 e. The Morgan fingerprint density at radius 3 is 3.00 bits per heavy atom. The third-order valence-electron chi connectivity index (χ3n) is 2.81. The number of rotatable bonds is 4. The standard InChI is InChI=1S/C11H19BrN2/c1-10(12)5-4-8-14-7-3-2-6-11(14)9-13/h10-11H,2-8H2,1H3. The third-order valence-corrected chi connectivity index (χ3v) is 3.27. The fourth-order valence-electron chi connectivity index (χ4n) is 1.98. The van der Waals surface area contributed by atoms with Crippen molar-refractivity contribution < 1.29 is 0 Å². The van der Waals surface area contributed by atoms with Crippen molar-refractivity contribution in [2.45, 2.75) is 49.9 Å². The van der Waals surface area contributed by atoms with E-state index in [0.29, 0.717) is 4.83 Å². The molecule has 2 unspecified atom stereocenters.